The van der Waals surface area contributed by atoms with Crippen molar-refractivity contribution >= 4 is 52.2 Å². The summed E-state index contributed by atoms with van der Waals surface area (Å²) in [6, 6.07) is 31.4. The Hall–Kier alpha value is -1.73. The summed E-state index contributed by atoms with van der Waals surface area (Å²) in [5.74, 6) is 0.587. The van der Waals surface area contributed by atoms with Crippen LogP contribution in [0, 0.1) is 35.6 Å². The molecule has 0 N–H and O–H groups in total. The number of hydrogen-bond donors (Lipinski definition) is 0. The molecule has 5 heteroatoms. The Kier molecular flexibility index (Phi) is 23.5. The Bertz CT molecular complexity index is 1800. The maximum atomic E-state index is 5.51. The number of hydrogen-bond acceptors (Lipinski definition) is 0. The molecule has 0 fully saturated rings. The van der Waals surface area contributed by atoms with Crippen molar-refractivity contribution in [3.63, 3.8) is 0 Å². The van der Waals surface area contributed by atoms with Crippen LogP contribution in [0.2, 0.25) is 10.0 Å². The fourth-order valence-corrected chi connectivity index (χ4v) is 7.09. The predicted molar refractivity (Wildman–Crippen MR) is 264 cm³/mol. The van der Waals surface area contributed by atoms with E-state index >= 15 is 0 Å². The van der Waals surface area contributed by atoms with Gasteiger partial charge in [-0.1, -0.05) is 168 Å². The number of halogens is 4. The second-order valence-electron chi connectivity index (χ2n) is 20.2. The molecule has 0 heterocycles. The number of fused-ring (bicyclic) bond motifs is 3. The van der Waals surface area contributed by atoms with E-state index in [0.29, 0.717) is 11.3 Å². The summed E-state index contributed by atoms with van der Waals surface area (Å²) in [7, 11) is 0. The van der Waals surface area contributed by atoms with Gasteiger partial charge in [0.2, 0.25) is 0 Å². The van der Waals surface area contributed by atoms with Crippen LogP contribution < -0.4 is 0 Å². The van der Waals surface area contributed by atoms with Crippen molar-refractivity contribution in [2.75, 3.05) is 0 Å². The van der Waals surface area contributed by atoms with E-state index < -0.39 is 0 Å². The third kappa shape index (κ3) is 17.9. The van der Waals surface area contributed by atoms with Gasteiger partial charge < -0.3 is 0 Å². The minimum atomic E-state index is 0. The number of allylic oxidation sites excluding steroid dienone is 4. The third-order valence-electron chi connectivity index (χ3n) is 9.87. The predicted octanol–water partition coefficient (Wildman–Crippen LogP) is 17.1. The van der Waals surface area contributed by atoms with E-state index in [4.69, 9.17) is 23.2 Å². The van der Waals surface area contributed by atoms with E-state index in [-0.39, 0.29) is 46.5 Å². The first-order valence-electron chi connectivity index (χ1n) is 20.4. The van der Waals surface area contributed by atoms with Crippen molar-refractivity contribution in [1.29, 1.82) is 0 Å². The van der Waals surface area contributed by atoms with Gasteiger partial charge in [-0.15, -0.1) is 41.5 Å². The molecule has 0 spiro atoms. The zero-order valence-electron chi connectivity index (χ0n) is 39.0. The topological polar surface area (TPSA) is 0 Å². The van der Waals surface area contributed by atoms with Gasteiger partial charge in [0.05, 0.1) is 0 Å². The Morgan fingerprint density at radius 2 is 1.10 bits per heavy atom. The first-order valence-corrected chi connectivity index (χ1v) is 22.9. The number of benzene rings is 4. The fraction of sp³-hybridized carbons (Fsp3) is 0.463. The molecule has 0 saturated heterocycles. The van der Waals surface area contributed by atoms with Crippen LogP contribution in [0.3, 0.4) is 0 Å². The van der Waals surface area contributed by atoms with Crippen LogP contribution in [0.15, 0.2) is 84.5 Å². The van der Waals surface area contributed by atoms with Crippen LogP contribution in [0.4, 0.5) is 0 Å². The van der Waals surface area contributed by atoms with E-state index in [2.05, 4.69) is 170 Å². The van der Waals surface area contributed by atoms with E-state index in [1.54, 1.807) is 12.1 Å². The van der Waals surface area contributed by atoms with Crippen molar-refractivity contribution < 1.29 is 24.2 Å². The molecule has 0 saturated carbocycles. The van der Waals surface area contributed by atoms with Crippen LogP contribution in [0.1, 0.15) is 157 Å². The molecule has 1 atom stereocenters. The monoisotopic (exact) mass is 950 g/mol. The van der Waals surface area contributed by atoms with Crippen molar-refractivity contribution in [1.82, 2.24) is 0 Å². The van der Waals surface area contributed by atoms with E-state index in [0.717, 1.165) is 16.5 Å². The molecule has 0 aromatic heterocycles. The molecule has 2 aliphatic carbocycles. The van der Waals surface area contributed by atoms with Crippen LogP contribution in [0.5, 0.6) is 0 Å². The summed E-state index contributed by atoms with van der Waals surface area (Å²) in [5, 5.41) is 1.48. The second-order valence-corrected chi connectivity index (χ2v) is 21.1. The van der Waals surface area contributed by atoms with Gasteiger partial charge in [0.1, 0.15) is 0 Å². The molecular weight excluding hydrogens is 882 g/mol. The van der Waals surface area contributed by atoms with Gasteiger partial charge in [-0.25, -0.2) is 6.08 Å². The first-order chi connectivity index (χ1) is 26.2. The quantitative estimate of drug-likeness (QED) is 0.155. The summed E-state index contributed by atoms with van der Waals surface area (Å²) >= 11 is 12.3. The van der Waals surface area contributed by atoms with Crippen LogP contribution >= 0.6 is 48.0 Å². The Balaban J connectivity index is 0.000000914. The van der Waals surface area contributed by atoms with Crippen molar-refractivity contribution in [2.45, 2.75) is 152 Å². The SMILES string of the molecule is CC(C)(C)c1[c-]c2c(cc1C(C)(C)C)-c1cc(C(C)(C)C)c(C(C)(C)C)cc1C2.CCCC1[C-]=CC(C(C)(C)C)=C1.Cl.Cl.Clc1c[c-]ccc1.Clc1c[c-]ccc1.[CH2]=[Zr]. The zero-order valence-corrected chi connectivity index (χ0v) is 44.6. The molecule has 2 aliphatic rings. The molecule has 4 aromatic rings. The van der Waals surface area contributed by atoms with Gasteiger partial charge in [-0.05, 0) is 39.4 Å². The summed E-state index contributed by atoms with van der Waals surface area (Å²) in [6.07, 6.45) is 11.4. The standard InChI is InChI=1S/C29H41.C12H19.2C6H4Cl.CH2.2ClH.Zr/c1-26(2,3)22-14-18-13-19-15-23(27(4,5)6)25(29(10,11)12)17-21(19)20(18)16-24(22)28(7,8)9;1-5-6-10-7-8-11(9-10)12(2,3)4;2*7-6-4-2-1-3-5-6;;;;/h14,16-17H,13H2,1-12H3;8-10H,5-6H2,1-4H3;2*1-2,4-5H;1H2;2*1H;/q4*-1;;;;. The maximum absolute atomic E-state index is 5.51. The summed E-state index contributed by atoms with van der Waals surface area (Å²) in [6.45, 7) is 37.0. The van der Waals surface area contributed by atoms with Gasteiger partial charge in [0.25, 0.3) is 0 Å². The molecule has 0 bridgehead atoms. The van der Waals surface area contributed by atoms with Crippen LogP contribution in [-0.4, -0.2) is 4.21 Å². The third-order valence-corrected chi connectivity index (χ3v) is 10.3. The minimum absolute atomic E-state index is 0. The zero-order chi connectivity index (χ0) is 43.6. The van der Waals surface area contributed by atoms with Crippen molar-refractivity contribution in [2.24, 2.45) is 11.3 Å². The van der Waals surface area contributed by atoms with E-state index in [1.165, 1.54) is 87.2 Å². The Labute approximate surface area is 399 Å². The summed E-state index contributed by atoms with van der Waals surface area (Å²) in [5.41, 5.74) is 13.7. The average molecular weight is 954 g/mol. The van der Waals surface area contributed by atoms with Crippen LogP contribution in [-0.2, 0) is 52.3 Å². The molecule has 4 aromatic carbocycles. The molecule has 59 heavy (non-hydrogen) atoms. The second kappa shape index (κ2) is 24.2. The molecular formula is C54H72Cl4Zr-4. The normalized spacial score (nSPS) is 14.1. The van der Waals surface area contributed by atoms with Crippen molar-refractivity contribution in [3.8, 4) is 11.1 Å². The average Bonchev–Trinajstić information content (AvgIpc) is 3.73. The summed E-state index contributed by atoms with van der Waals surface area (Å²) in [4.78, 5) is 0. The van der Waals surface area contributed by atoms with Gasteiger partial charge >= 0.3 is 28.4 Å². The Morgan fingerprint density at radius 3 is 1.44 bits per heavy atom. The van der Waals surface area contributed by atoms with Gasteiger partial charge in [-0.3, -0.25) is 6.08 Å². The molecule has 1 unspecified atom stereocenters. The van der Waals surface area contributed by atoms with E-state index in [1.807, 2.05) is 36.4 Å². The molecule has 0 amide bonds. The van der Waals surface area contributed by atoms with Crippen LogP contribution in [0.25, 0.3) is 11.1 Å². The Morgan fingerprint density at radius 1 is 0.644 bits per heavy atom. The summed E-state index contributed by atoms with van der Waals surface area (Å²) < 4.78 is 3.34. The molecule has 6 rings (SSSR count). The van der Waals surface area contributed by atoms with Gasteiger partial charge in [-0.2, -0.15) is 113 Å². The molecule has 0 aliphatic heterocycles. The number of rotatable bonds is 2. The fourth-order valence-electron chi connectivity index (χ4n) is 6.82. The van der Waals surface area contributed by atoms with Gasteiger partial charge in [0, 0.05) is 0 Å². The van der Waals surface area contributed by atoms with Gasteiger partial charge in [0.15, 0.2) is 0 Å². The first kappa shape index (κ1) is 57.3. The van der Waals surface area contributed by atoms with E-state index in [9.17, 15) is 0 Å². The van der Waals surface area contributed by atoms with Crippen molar-refractivity contribution in [3.05, 3.63) is 152 Å². The molecule has 0 nitrogen and oxygen atoms in total. The molecule has 0 radical (unpaired) electrons. The molecule has 324 valence electrons.